The fourth-order valence-electron chi connectivity index (χ4n) is 5.73. The van der Waals surface area contributed by atoms with Crippen molar-refractivity contribution in [2.45, 2.75) is 82.2 Å². The van der Waals surface area contributed by atoms with E-state index < -0.39 is 20.3 Å². The highest BCUT2D eigenvalue weighted by atomic mass is 35.5. The number of amides is 3. The third-order valence-electron chi connectivity index (χ3n) is 8.09. The fourth-order valence-corrected chi connectivity index (χ4v) is 8.52. The van der Waals surface area contributed by atoms with Gasteiger partial charge in [-0.3, -0.25) is 14.3 Å². The van der Waals surface area contributed by atoms with E-state index in [4.69, 9.17) is 16.3 Å². The Morgan fingerprint density at radius 3 is 2.62 bits per heavy atom. The number of hydrogen-bond donors (Lipinski definition) is 3. The Hall–Kier alpha value is -2.53. The molecular weight excluding hydrogens is 590 g/mol. The molecule has 4 rings (SSSR count). The maximum Gasteiger partial charge on any atom is 0.417 e. The molecule has 11 heteroatoms. The summed E-state index contributed by atoms with van der Waals surface area (Å²) in [6.45, 7) is 1.39. The molecule has 42 heavy (non-hydrogen) atoms. The van der Waals surface area contributed by atoms with E-state index >= 15 is 0 Å². The molecule has 1 aliphatic heterocycles. The SMILES string of the molecule is O=C(NS[C@@H](CC1CCCCC1)C(=O)N[Si@H](CO)CCC(=O)N1CCCc2ccccc2C1)OCc1cccc(Cl)c1. The highest BCUT2D eigenvalue weighted by molar-refractivity contribution is 7.99. The maximum atomic E-state index is 13.4. The van der Waals surface area contributed by atoms with Crippen LogP contribution < -0.4 is 9.70 Å². The van der Waals surface area contributed by atoms with Crippen LogP contribution in [0.5, 0.6) is 0 Å². The molecule has 3 N–H and O–H groups in total. The number of nitrogens with zero attached hydrogens (tertiary/aromatic N) is 1. The first kappa shape index (κ1) is 32.4. The summed E-state index contributed by atoms with van der Waals surface area (Å²) in [7, 11) is -2.14. The van der Waals surface area contributed by atoms with Crippen LogP contribution >= 0.6 is 23.5 Å². The normalized spacial score (nSPS) is 17.0. The zero-order valence-corrected chi connectivity index (χ0v) is 26.8. The average molecular weight is 632 g/mol. The molecule has 2 aromatic carbocycles. The van der Waals surface area contributed by atoms with Gasteiger partial charge in [0.25, 0.3) is 0 Å². The van der Waals surface area contributed by atoms with Crippen LogP contribution in [0.25, 0.3) is 0 Å². The molecule has 2 atom stereocenters. The van der Waals surface area contributed by atoms with E-state index in [9.17, 15) is 19.5 Å². The molecule has 228 valence electrons. The largest absolute Gasteiger partial charge is 0.444 e. The Balaban J connectivity index is 1.28. The first-order valence-electron chi connectivity index (χ1n) is 15.0. The molecule has 1 aliphatic carbocycles. The molecule has 3 amide bonds. The maximum absolute atomic E-state index is 13.4. The van der Waals surface area contributed by atoms with Crippen molar-refractivity contribution in [3.63, 3.8) is 0 Å². The van der Waals surface area contributed by atoms with Crippen LogP contribution in [-0.4, -0.2) is 54.9 Å². The van der Waals surface area contributed by atoms with Gasteiger partial charge in [-0.2, -0.15) is 0 Å². The predicted octanol–water partition coefficient (Wildman–Crippen LogP) is 5.29. The number of carbonyl (C=O) groups excluding carboxylic acids is 3. The summed E-state index contributed by atoms with van der Waals surface area (Å²) in [5.41, 5.74) is 3.26. The van der Waals surface area contributed by atoms with E-state index in [0.29, 0.717) is 42.9 Å². The summed E-state index contributed by atoms with van der Waals surface area (Å²) >= 11 is 7.08. The van der Waals surface area contributed by atoms with E-state index in [2.05, 4.69) is 21.8 Å². The van der Waals surface area contributed by atoms with E-state index in [1.54, 1.807) is 18.2 Å². The van der Waals surface area contributed by atoms with E-state index in [1.165, 1.54) is 17.5 Å². The minimum Gasteiger partial charge on any atom is -0.444 e. The van der Waals surface area contributed by atoms with Crippen LogP contribution in [0.3, 0.4) is 0 Å². The molecule has 8 nitrogen and oxygen atoms in total. The lowest BCUT2D eigenvalue weighted by molar-refractivity contribution is -0.131. The van der Waals surface area contributed by atoms with Crippen molar-refractivity contribution in [2.75, 3.05) is 12.8 Å². The number of benzene rings is 2. The standard InChI is InChI=1S/C31H42ClN3O5SSi/c32-27-14-6-10-24(18-27)21-40-31(39)33-41-28(19-23-8-2-1-3-9-23)30(38)34-42(22-36)17-15-29(37)35-16-7-13-25-11-4-5-12-26(25)20-35/h4-6,10-12,14,18,23,28,36,42H,1-3,7-9,13,15-17,19-22H2,(H,33,39)(H,34,38)/t28-,42-/m0/s1. The molecule has 0 saturated heterocycles. The Kier molecular flexibility index (Phi) is 13.1. The van der Waals surface area contributed by atoms with E-state index in [-0.39, 0.29) is 24.7 Å². The number of halogens is 1. The number of aliphatic hydroxyl groups is 1. The van der Waals surface area contributed by atoms with Gasteiger partial charge in [-0.1, -0.05) is 80.1 Å². The van der Waals surface area contributed by atoms with E-state index in [0.717, 1.165) is 56.0 Å². The minimum absolute atomic E-state index is 0.0594. The molecule has 0 radical (unpaired) electrons. The zero-order chi connectivity index (χ0) is 29.7. The second-order valence-corrected chi connectivity index (χ2v) is 15.3. The van der Waals surface area contributed by atoms with Gasteiger partial charge in [0.1, 0.15) is 11.9 Å². The highest BCUT2D eigenvalue weighted by Crippen LogP contribution is 2.30. The molecule has 1 heterocycles. The lowest BCUT2D eigenvalue weighted by atomic mass is 9.86. The quantitative estimate of drug-likeness (QED) is 0.217. The third-order valence-corrected chi connectivity index (χ3v) is 11.4. The highest BCUT2D eigenvalue weighted by Gasteiger charge is 2.29. The Labute approximate surface area is 259 Å². The molecule has 0 unspecified atom stereocenters. The summed E-state index contributed by atoms with van der Waals surface area (Å²) in [4.78, 5) is 44.0. The predicted molar refractivity (Wildman–Crippen MR) is 169 cm³/mol. The molecule has 1 saturated carbocycles. The van der Waals surface area contributed by atoms with Crippen LogP contribution in [0.15, 0.2) is 48.5 Å². The second-order valence-electron chi connectivity index (χ2n) is 11.3. The van der Waals surface area contributed by atoms with Gasteiger partial charge in [0, 0.05) is 24.5 Å². The molecule has 0 bridgehead atoms. The van der Waals surface area contributed by atoms with Crippen molar-refractivity contribution in [1.82, 2.24) is 14.6 Å². The summed E-state index contributed by atoms with van der Waals surface area (Å²) in [6, 6.07) is 15.8. The Morgan fingerprint density at radius 2 is 1.86 bits per heavy atom. The Bertz CT molecular complexity index is 1200. The zero-order valence-electron chi connectivity index (χ0n) is 24.1. The number of aryl methyl sites for hydroxylation is 1. The van der Waals surface area contributed by atoms with Gasteiger partial charge < -0.3 is 19.7 Å². The third kappa shape index (κ3) is 10.3. The molecule has 0 aromatic heterocycles. The molecule has 0 spiro atoms. The van der Waals surface area contributed by atoms with Gasteiger partial charge in [0.2, 0.25) is 11.8 Å². The van der Waals surface area contributed by atoms with Crippen LogP contribution in [-0.2, 0) is 33.9 Å². The van der Waals surface area contributed by atoms with Gasteiger partial charge in [-0.15, -0.1) is 0 Å². The van der Waals surface area contributed by atoms with Gasteiger partial charge >= 0.3 is 6.09 Å². The summed E-state index contributed by atoms with van der Waals surface area (Å²) in [6.07, 6.45) is 7.73. The topological polar surface area (TPSA) is 108 Å². The average Bonchev–Trinajstić information content (AvgIpc) is 3.23. The number of rotatable bonds is 12. The van der Waals surface area contributed by atoms with Gasteiger partial charge in [-0.25, -0.2) is 4.79 Å². The lowest BCUT2D eigenvalue weighted by Crippen LogP contribution is -2.47. The van der Waals surface area contributed by atoms with Gasteiger partial charge in [-0.05, 0) is 72.0 Å². The smallest absolute Gasteiger partial charge is 0.417 e. The van der Waals surface area contributed by atoms with Gasteiger partial charge in [0.15, 0.2) is 8.96 Å². The summed E-state index contributed by atoms with van der Waals surface area (Å²) < 4.78 is 8.01. The van der Waals surface area contributed by atoms with Crippen LogP contribution in [0.1, 0.15) is 68.1 Å². The molecule has 2 aliphatic rings. The van der Waals surface area contributed by atoms with Crippen molar-refractivity contribution in [3.8, 4) is 0 Å². The molecule has 2 aromatic rings. The monoisotopic (exact) mass is 631 g/mol. The van der Waals surface area contributed by atoms with Gasteiger partial charge in [0.05, 0.1) is 6.23 Å². The number of fused-ring (bicyclic) bond motifs is 1. The summed E-state index contributed by atoms with van der Waals surface area (Å²) in [5, 5.41) is 10.2. The lowest BCUT2D eigenvalue weighted by Gasteiger charge is -2.27. The fraction of sp³-hybridized carbons (Fsp3) is 0.516. The van der Waals surface area contributed by atoms with E-state index in [1.807, 2.05) is 23.1 Å². The van der Waals surface area contributed by atoms with Crippen molar-refractivity contribution in [1.29, 1.82) is 0 Å². The second kappa shape index (κ2) is 16.9. The number of nitrogens with one attached hydrogen (secondary N) is 2. The van der Waals surface area contributed by atoms with Crippen LogP contribution in [0.4, 0.5) is 4.79 Å². The van der Waals surface area contributed by atoms with Crippen molar-refractivity contribution in [3.05, 3.63) is 70.2 Å². The van der Waals surface area contributed by atoms with Crippen molar-refractivity contribution in [2.24, 2.45) is 5.92 Å². The molecule has 1 fully saturated rings. The minimum atomic E-state index is -2.14. The Morgan fingerprint density at radius 1 is 1.07 bits per heavy atom. The number of aliphatic hydroxyl groups excluding tert-OH is 1. The van der Waals surface area contributed by atoms with Crippen LogP contribution in [0.2, 0.25) is 11.1 Å². The number of hydrogen-bond acceptors (Lipinski definition) is 6. The first-order chi connectivity index (χ1) is 20.4. The first-order valence-corrected chi connectivity index (χ1v) is 18.5. The van der Waals surface area contributed by atoms with Crippen molar-refractivity contribution < 1.29 is 24.2 Å². The number of ether oxygens (including phenoxy) is 1. The molecular formula is C31H42ClN3O5SSi. The van der Waals surface area contributed by atoms with Crippen molar-refractivity contribution >= 4 is 50.4 Å². The summed E-state index contributed by atoms with van der Waals surface area (Å²) in [5.74, 6) is 0.278. The van der Waals surface area contributed by atoms with Crippen LogP contribution in [0, 0.1) is 5.92 Å². The number of carbonyl (C=O) groups is 3.